The van der Waals surface area contributed by atoms with Crippen LogP contribution in [-0.4, -0.2) is 11.9 Å². The van der Waals surface area contributed by atoms with Gasteiger partial charge in [-0.1, -0.05) is 115 Å². The predicted molar refractivity (Wildman–Crippen MR) is 149 cm³/mol. The first-order valence-electron chi connectivity index (χ1n) is 13.9. The molecule has 3 rings (SSSR count). The average Bonchev–Trinajstić information content (AvgIpc) is 2.90. The van der Waals surface area contributed by atoms with Crippen molar-refractivity contribution in [3.8, 4) is 11.5 Å². The van der Waals surface area contributed by atoms with E-state index in [-0.39, 0.29) is 11.9 Å². The summed E-state index contributed by atoms with van der Waals surface area (Å²) in [6.45, 7) is 8.61. The van der Waals surface area contributed by atoms with E-state index in [1.807, 2.05) is 48.5 Å². The van der Waals surface area contributed by atoms with Crippen molar-refractivity contribution in [3.05, 3.63) is 48.5 Å². The van der Waals surface area contributed by atoms with Crippen LogP contribution in [0.25, 0.3) is 21.5 Å². The van der Waals surface area contributed by atoms with Crippen molar-refractivity contribution < 1.29 is 19.1 Å². The lowest BCUT2D eigenvalue weighted by Gasteiger charge is -2.19. The second-order valence-corrected chi connectivity index (χ2v) is 9.94. The van der Waals surface area contributed by atoms with Crippen LogP contribution in [0.2, 0.25) is 0 Å². The summed E-state index contributed by atoms with van der Waals surface area (Å²) in [5.74, 6) is 1.33. The zero-order chi connectivity index (χ0) is 25.9. The van der Waals surface area contributed by atoms with E-state index in [1.165, 1.54) is 0 Å². The molecule has 0 N–H and O–H groups in total. The standard InChI is InChI=1S/C32H42O4/c1-5-9-15-23(7-3)21-29(33)35-31-25-17-11-13-19-27(25)32(28-20-14-12-18-26(28)31)36-30(34)22-24(8-4)16-10-6-2/h11-14,17-20,23-24H,5-10,15-16,21-22H2,1-4H3. The minimum atomic E-state index is -0.209. The highest BCUT2D eigenvalue weighted by atomic mass is 16.5. The van der Waals surface area contributed by atoms with E-state index >= 15 is 0 Å². The monoisotopic (exact) mass is 490 g/mol. The molecule has 0 spiro atoms. The van der Waals surface area contributed by atoms with Gasteiger partial charge in [0.2, 0.25) is 0 Å². The normalized spacial score (nSPS) is 13.0. The minimum Gasteiger partial charge on any atom is -0.425 e. The molecule has 194 valence electrons. The molecule has 2 atom stereocenters. The Morgan fingerprint density at radius 1 is 0.611 bits per heavy atom. The number of ether oxygens (including phenoxy) is 2. The summed E-state index contributed by atoms with van der Waals surface area (Å²) < 4.78 is 12.1. The molecule has 36 heavy (non-hydrogen) atoms. The second-order valence-electron chi connectivity index (χ2n) is 9.94. The topological polar surface area (TPSA) is 52.6 Å². The van der Waals surface area contributed by atoms with Gasteiger partial charge in [0, 0.05) is 34.4 Å². The van der Waals surface area contributed by atoms with Gasteiger partial charge in [-0.2, -0.15) is 0 Å². The smallest absolute Gasteiger partial charge is 0.311 e. The fraction of sp³-hybridized carbons (Fsp3) is 0.500. The summed E-state index contributed by atoms with van der Waals surface area (Å²) in [6, 6.07) is 15.4. The third-order valence-electron chi connectivity index (χ3n) is 7.26. The zero-order valence-corrected chi connectivity index (χ0v) is 22.5. The number of unbranched alkanes of at least 4 members (excludes halogenated alkanes) is 2. The highest BCUT2D eigenvalue weighted by Crippen LogP contribution is 2.43. The molecule has 3 aromatic carbocycles. The van der Waals surface area contributed by atoms with Crippen LogP contribution in [0.3, 0.4) is 0 Å². The third kappa shape index (κ3) is 7.09. The molecule has 0 aromatic heterocycles. The number of hydrogen-bond donors (Lipinski definition) is 0. The van der Waals surface area contributed by atoms with Crippen molar-refractivity contribution >= 4 is 33.5 Å². The summed E-state index contributed by atoms with van der Waals surface area (Å²) in [5.41, 5.74) is 0. The van der Waals surface area contributed by atoms with Gasteiger partial charge < -0.3 is 9.47 Å². The van der Waals surface area contributed by atoms with E-state index in [1.54, 1.807) is 0 Å². The van der Waals surface area contributed by atoms with Crippen LogP contribution in [0.1, 0.15) is 91.9 Å². The van der Waals surface area contributed by atoms with Crippen LogP contribution < -0.4 is 9.47 Å². The van der Waals surface area contributed by atoms with E-state index in [2.05, 4.69) is 27.7 Å². The Morgan fingerprint density at radius 3 is 1.22 bits per heavy atom. The number of benzene rings is 3. The number of rotatable bonds is 14. The first-order valence-corrected chi connectivity index (χ1v) is 13.9. The fourth-order valence-electron chi connectivity index (χ4n) is 4.94. The van der Waals surface area contributed by atoms with Crippen molar-refractivity contribution in [1.29, 1.82) is 0 Å². The maximum atomic E-state index is 13.0. The van der Waals surface area contributed by atoms with Crippen molar-refractivity contribution in [3.63, 3.8) is 0 Å². The minimum absolute atomic E-state index is 0.209. The number of fused-ring (bicyclic) bond motifs is 2. The molecule has 0 radical (unpaired) electrons. The van der Waals surface area contributed by atoms with E-state index in [0.29, 0.717) is 36.2 Å². The van der Waals surface area contributed by atoms with Gasteiger partial charge in [0.25, 0.3) is 0 Å². The summed E-state index contributed by atoms with van der Waals surface area (Å²) in [6.07, 6.45) is 9.30. The molecule has 0 amide bonds. The molecular formula is C32H42O4. The highest BCUT2D eigenvalue weighted by Gasteiger charge is 2.22. The molecule has 0 fully saturated rings. The molecule has 2 unspecified atom stereocenters. The Balaban J connectivity index is 1.95. The second kappa shape index (κ2) is 14.0. The number of carbonyl (C=O) groups excluding carboxylic acids is 2. The van der Waals surface area contributed by atoms with Gasteiger partial charge in [0.1, 0.15) is 11.5 Å². The first-order chi connectivity index (χ1) is 17.5. The van der Waals surface area contributed by atoms with Gasteiger partial charge in [-0.15, -0.1) is 0 Å². The molecule has 0 bridgehead atoms. The summed E-state index contributed by atoms with van der Waals surface area (Å²) in [7, 11) is 0. The molecule has 0 heterocycles. The van der Waals surface area contributed by atoms with E-state index in [9.17, 15) is 9.59 Å². The summed E-state index contributed by atoms with van der Waals surface area (Å²) in [5, 5.41) is 3.14. The van der Waals surface area contributed by atoms with Crippen LogP contribution in [0.4, 0.5) is 0 Å². The van der Waals surface area contributed by atoms with Crippen molar-refractivity contribution in [2.75, 3.05) is 0 Å². The van der Waals surface area contributed by atoms with Gasteiger partial charge in [0.15, 0.2) is 0 Å². The molecule has 0 aliphatic heterocycles. The van der Waals surface area contributed by atoms with Crippen LogP contribution in [0, 0.1) is 11.8 Å². The highest BCUT2D eigenvalue weighted by molar-refractivity contribution is 6.12. The lowest BCUT2D eigenvalue weighted by molar-refractivity contribution is -0.136. The Hall–Kier alpha value is -2.88. The molecule has 0 aliphatic carbocycles. The number of hydrogen-bond acceptors (Lipinski definition) is 4. The number of esters is 2. The molecule has 4 nitrogen and oxygen atoms in total. The van der Waals surface area contributed by atoms with Gasteiger partial charge >= 0.3 is 11.9 Å². The quantitative estimate of drug-likeness (QED) is 0.128. The van der Waals surface area contributed by atoms with Crippen LogP contribution in [0.15, 0.2) is 48.5 Å². The Bertz CT molecular complexity index is 1000. The molecule has 4 heteroatoms. The van der Waals surface area contributed by atoms with Crippen molar-refractivity contribution in [1.82, 2.24) is 0 Å². The van der Waals surface area contributed by atoms with Gasteiger partial charge in [0.05, 0.1) is 0 Å². The van der Waals surface area contributed by atoms with Crippen molar-refractivity contribution in [2.45, 2.75) is 91.9 Å². The van der Waals surface area contributed by atoms with Gasteiger partial charge in [-0.25, -0.2) is 0 Å². The maximum Gasteiger partial charge on any atom is 0.311 e. The Labute approximate surface area is 216 Å². The third-order valence-corrected chi connectivity index (χ3v) is 7.26. The molecule has 3 aromatic rings. The Morgan fingerprint density at radius 2 is 0.944 bits per heavy atom. The largest absolute Gasteiger partial charge is 0.425 e. The fourth-order valence-corrected chi connectivity index (χ4v) is 4.94. The van der Waals surface area contributed by atoms with Crippen LogP contribution in [-0.2, 0) is 9.59 Å². The van der Waals surface area contributed by atoms with E-state index < -0.39 is 0 Å². The average molecular weight is 491 g/mol. The summed E-state index contributed by atoms with van der Waals surface area (Å²) in [4.78, 5) is 26.1. The lowest BCUT2D eigenvalue weighted by atomic mass is 9.95. The van der Waals surface area contributed by atoms with Crippen LogP contribution in [0.5, 0.6) is 11.5 Å². The number of carbonyl (C=O) groups is 2. The zero-order valence-electron chi connectivity index (χ0n) is 22.5. The summed E-state index contributed by atoms with van der Waals surface area (Å²) >= 11 is 0. The molecule has 0 aliphatic rings. The Kier molecular flexibility index (Phi) is 10.8. The molecular weight excluding hydrogens is 448 g/mol. The van der Waals surface area contributed by atoms with Crippen LogP contribution >= 0.6 is 0 Å². The maximum absolute atomic E-state index is 13.0. The SMILES string of the molecule is CCCCC(CC)CC(=O)Oc1c2ccccc2c(OC(=O)CC(CC)CCCC)c2ccccc12. The van der Waals surface area contributed by atoms with E-state index in [4.69, 9.17) is 9.47 Å². The predicted octanol–water partition coefficient (Wildman–Crippen LogP) is 9.02. The van der Waals surface area contributed by atoms with Gasteiger partial charge in [-0.3, -0.25) is 9.59 Å². The molecule has 0 saturated carbocycles. The molecule has 0 saturated heterocycles. The first kappa shape index (κ1) is 27.7. The van der Waals surface area contributed by atoms with E-state index in [0.717, 1.165) is 72.9 Å². The van der Waals surface area contributed by atoms with Crippen molar-refractivity contribution in [2.24, 2.45) is 11.8 Å². The van der Waals surface area contributed by atoms with Gasteiger partial charge in [-0.05, 0) is 24.7 Å². The lowest BCUT2D eigenvalue weighted by Crippen LogP contribution is -2.15.